The van der Waals surface area contributed by atoms with Gasteiger partial charge in [-0.2, -0.15) is 0 Å². The minimum absolute atomic E-state index is 0.0245. The largest absolute Gasteiger partial charge is 0.350 e. The van der Waals surface area contributed by atoms with Crippen molar-refractivity contribution in [3.05, 3.63) is 60.0 Å². The molecule has 0 saturated carbocycles. The zero-order chi connectivity index (χ0) is 18.8. The lowest BCUT2D eigenvalue weighted by atomic mass is 10.3. The van der Waals surface area contributed by atoms with Gasteiger partial charge in [0.15, 0.2) is 5.16 Å². The standard InChI is InChI=1S/C20H21N5OS/c1-3-25-17-9-5-4-8-16(17)23-20(25)27-13-18(26)21-11-15-12-24-10-6-7-14(2)19(24)22-15/h4-10,12H,3,11,13H2,1-2H3,(H,21,26). The summed E-state index contributed by atoms with van der Waals surface area (Å²) in [6.45, 7) is 5.36. The van der Waals surface area contributed by atoms with Crippen LogP contribution < -0.4 is 5.32 Å². The molecule has 3 heterocycles. The Bertz CT molecular complexity index is 1110. The molecule has 0 aliphatic carbocycles. The first-order chi connectivity index (χ1) is 13.2. The summed E-state index contributed by atoms with van der Waals surface area (Å²) in [6.07, 6.45) is 3.91. The van der Waals surface area contributed by atoms with Crippen molar-refractivity contribution >= 4 is 34.3 Å². The molecule has 0 bridgehead atoms. The van der Waals surface area contributed by atoms with E-state index in [1.807, 2.05) is 54.0 Å². The predicted molar refractivity (Wildman–Crippen MR) is 108 cm³/mol. The summed E-state index contributed by atoms with van der Waals surface area (Å²) < 4.78 is 4.12. The number of pyridine rings is 1. The SMILES string of the molecule is CCn1c(SCC(=O)NCc2cn3cccc(C)c3n2)nc2ccccc21. The van der Waals surface area contributed by atoms with E-state index < -0.39 is 0 Å². The summed E-state index contributed by atoms with van der Waals surface area (Å²) >= 11 is 1.46. The summed E-state index contributed by atoms with van der Waals surface area (Å²) in [6, 6.07) is 12.1. The number of hydrogen-bond acceptors (Lipinski definition) is 4. The van der Waals surface area contributed by atoms with E-state index in [-0.39, 0.29) is 5.91 Å². The highest BCUT2D eigenvalue weighted by atomic mass is 32.2. The molecule has 3 aromatic heterocycles. The van der Waals surface area contributed by atoms with Crippen LogP contribution >= 0.6 is 11.8 Å². The van der Waals surface area contributed by atoms with Crippen LogP contribution in [0.5, 0.6) is 0 Å². The smallest absolute Gasteiger partial charge is 0.230 e. The third-order valence-corrected chi connectivity index (χ3v) is 5.44. The van der Waals surface area contributed by atoms with E-state index in [0.717, 1.165) is 39.6 Å². The first-order valence-electron chi connectivity index (χ1n) is 8.93. The van der Waals surface area contributed by atoms with Gasteiger partial charge in [0, 0.05) is 18.9 Å². The van der Waals surface area contributed by atoms with Gasteiger partial charge in [0.25, 0.3) is 0 Å². The van der Waals surface area contributed by atoms with E-state index in [9.17, 15) is 4.79 Å². The fourth-order valence-electron chi connectivity index (χ4n) is 3.13. The number of nitrogens with zero attached hydrogens (tertiary/aromatic N) is 4. The molecule has 0 spiro atoms. The Morgan fingerprint density at radius 3 is 2.85 bits per heavy atom. The Hall–Kier alpha value is -2.80. The zero-order valence-electron chi connectivity index (χ0n) is 15.3. The minimum Gasteiger partial charge on any atom is -0.350 e. The lowest BCUT2D eigenvalue weighted by Crippen LogP contribution is -2.24. The molecule has 1 aromatic carbocycles. The maximum atomic E-state index is 12.3. The van der Waals surface area contributed by atoms with Gasteiger partial charge < -0.3 is 14.3 Å². The molecule has 0 radical (unpaired) electrons. The molecule has 0 aliphatic rings. The number of rotatable bonds is 6. The lowest BCUT2D eigenvalue weighted by Gasteiger charge is -2.06. The van der Waals surface area contributed by atoms with Crippen molar-refractivity contribution < 1.29 is 4.79 Å². The van der Waals surface area contributed by atoms with Crippen LogP contribution in [0.25, 0.3) is 16.7 Å². The van der Waals surface area contributed by atoms with Gasteiger partial charge in [0.05, 0.1) is 29.0 Å². The number of hydrogen-bond donors (Lipinski definition) is 1. The molecule has 0 aliphatic heterocycles. The Morgan fingerprint density at radius 2 is 2.04 bits per heavy atom. The molecular weight excluding hydrogens is 358 g/mol. The molecule has 138 valence electrons. The van der Waals surface area contributed by atoms with Crippen molar-refractivity contribution in [2.24, 2.45) is 0 Å². The van der Waals surface area contributed by atoms with Crippen LogP contribution in [0.3, 0.4) is 0 Å². The maximum Gasteiger partial charge on any atom is 0.230 e. The number of para-hydroxylation sites is 2. The first kappa shape index (κ1) is 17.6. The van der Waals surface area contributed by atoms with E-state index in [1.54, 1.807) is 0 Å². The highest BCUT2D eigenvalue weighted by Crippen LogP contribution is 2.23. The fraction of sp³-hybridized carbons (Fsp3) is 0.250. The van der Waals surface area contributed by atoms with Gasteiger partial charge in [-0.25, -0.2) is 9.97 Å². The van der Waals surface area contributed by atoms with Crippen molar-refractivity contribution in [2.45, 2.75) is 32.1 Å². The lowest BCUT2D eigenvalue weighted by molar-refractivity contribution is -0.118. The van der Waals surface area contributed by atoms with E-state index in [0.29, 0.717) is 12.3 Å². The molecule has 0 unspecified atom stereocenters. The number of imidazole rings is 2. The molecule has 4 aromatic rings. The number of thioether (sulfide) groups is 1. The van der Waals surface area contributed by atoms with Gasteiger partial charge in [-0.1, -0.05) is 30.0 Å². The van der Waals surface area contributed by atoms with E-state index in [2.05, 4.69) is 32.8 Å². The Balaban J connectivity index is 1.39. The van der Waals surface area contributed by atoms with Crippen molar-refractivity contribution in [1.29, 1.82) is 0 Å². The second kappa shape index (κ2) is 7.44. The molecule has 1 amide bonds. The molecule has 0 atom stereocenters. The predicted octanol–water partition coefficient (Wildman–Crippen LogP) is 3.42. The van der Waals surface area contributed by atoms with Gasteiger partial charge in [0.2, 0.25) is 5.91 Å². The number of aromatic nitrogens is 4. The molecule has 6 nitrogen and oxygen atoms in total. The van der Waals surface area contributed by atoms with E-state index in [1.165, 1.54) is 11.8 Å². The summed E-state index contributed by atoms with van der Waals surface area (Å²) in [5.74, 6) is 0.305. The highest BCUT2D eigenvalue weighted by molar-refractivity contribution is 7.99. The molecule has 0 saturated heterocycles. The second-order valence-corrected chi connectivity index (χ2v) is 7.29. The molecular formula is C20H21N5OS. The van der Waals surface area contributed by atoms with Crippen LogP contribution in [0.4, 0.5) is 0 Å². The van der Waals surface area contributed by atoms with Crippen LogP contribution in [-0.2, 0) is 17.9 Å². The summed E-state index contributed by atoms with van der Waals surface area (Å²) in [7, 11) is 0. The number of amides is 1. The number of carbonyl (C=O) groups excluding carboxylic acids is 1. The van der Waals surface area contributed by atoms with Crippen LogP contribution in [0.15, 0.2) is 53.9 Å². The topological polar surface area (TPSA) is 64.2 Å². The van der Waals surface area contributed by atoms with Gasteiger partial charge in [-0.05, 0) is 37.6 Å². The number of carbonyl (C=O) groups is 1. The molecule has 27 heavy (non-hydrogen) atoms. The van der Waals surface area contributed by atoms with Crippen molar-refractivity contribution in [2.75, 3.05) is 5.75 Å². The summed E-state index contributed by atoms with van der Waals surface area (Å²) in [5.41, 5.74) is 4.95. The normalized spacial score (nSPS) is 11.3. The Morgan fingerprint density at radius 1 is 1.19 bits per heavy atom. The average molecular weight is 379 g/mol. The monoisotopic (exact) mass is 379 g/mol. The average Bonchev–Trinajstić information content (AvgIpc) is 3.26. The highest BCUT2D eigenvalue weighted by Gasteiger charge is 2.12. The number of nitrogens with one attached hydrogen (secondary N) is 1. The first-order valence-corrected chi connectivity index (χ1v) is 9.92. The third kappa shape index (κ3) is 3.55. The van der Waals surface area contributed by atoms with Crippen LogP contribution in [0.2, 0.25) is 0 Å². The van der Waals surface area contributed by atoms with Gasteiger partial charge in [0.1, 0.15) is 5.65 Å². The number of fused-ring (bicyclic) bond motifs is 2. The zero-order valence-corrected chi connectivity index (χ0v) is 16.2. The molecule has 7 heteroatoms. The van der Waals surface area contributed by atoms with Gasteiger partial charge in [-0.15, -0.1) is 0 Å². The number of aryl methyl sites for hydroxylation is 2. The van der Waals surface area contributed by atoms with E-state index in [4.69, 9.17) is 0 Å². The minimum atomic E-state index is -0.0245. The van der Waals surface area contributed by atoms with Crippen molar-refractivity contribution in [1.82, 2.24) is 24.3 Å². The second-order valence-electron chi connectivity index (χ2n) is 6.35. The molecule has 1 N–H and O–H groups in total. The fourth-order valence-corrected chi connectivity index (χ4v) is 4.04. The van der Waals surface area contributed by atoms with Crippen LogP contribution in [0, 0.1) is 6.92 Å². The van der Waals surface area contributed by atoms with Crippen molar-refractivity contribution in [3.63, 3.8) is 0 Å². The summed E-state index contributed by atoms with van der Waals surface area (Å²) in [4.78, 5) is 21.5. The molecule has 0 fully saturated rings. The quantitative estimate of drug-likeness (QED) is 0.522. The van der Waals surface area contributed by atoms with Crippen molar-refractivity contribution in [3.8, 4) is 0 Å². The Kier molecular flexibility index (Phi) is 4.85. The summed E-state index contributed by atoms with van der Waals surface area (Å²) in [5, 5.41) is 3.82. The maximum absolute atomic E-state index is 12.3. The van der Waals surface area contributed by atoms with Crippen LogP contribution in [-0.4, -0.2) is 30.6 Å². The molecule has 4 rings (SSSR count). The number of benzene rings is 1. The van der Waals surface area contributed by atoms with Gasteiger partial charge >= 0.3 is 0 Å². The van der Waals surface area contributed by atoms with Crippen LogP contribution in [0.1, 0.15) is 18.2 Å². The third-order valence-electron chi connectivity index (χ3n) is 4.46. The Labute approximate surface area is 161 Å². The van der Waals surface area contributed by atoms with E-state index >= 15 is 0 Å². The van der Waals surface area contributed by atoms with Gasteiger partial charge in [-0.3, -0.25) is 4.79 Å².